The maximum Gasteiger partial charge on any atom is 0.128 e. The fourth-order valence-electron chi connectivity index (χ4n) is 3.88. The van der Waals surface area contributed by atoms with E-state index in [9.17, 15) is 0 Å². The highest BCUT2D eigenvalue weighted by atomic mass is 14.2. The second kappa shape index (κ2) is 5.41. The number of rotatable bonds is 2. The van der Waals surface area contributed by atoms with E-state index in [4.69, 9.17) is 0 Å². The summed E-state index contributed by atoms with van der Waals surface area (Å²) in [6.45, 7) is 4.99. The summed E-state index contributed by atoms with van der Waals surface area (Å²) in [5, 5.41) is 0. The predicted octanol–water partition coefficient (Wildman–Crippen LogP) is 4.42. The summed E-state index contributed by atoms with van der Waals surface area (Å²) in [5.74, 6) is 4.19. The van der Waals surface area contributed by atoms with Crippen LogP contribution in [-0.4, -0.2) is 7.28 Å². The van der Waals surface area contributed by atoms with Gasteiger partial charge in [-0.05, 0) is 11.8 Å². The Morgan fingerprint density at radius 2 is 1.07 bits per heavy atom. The molecule has 0 saturated heterocycles. The van der Waals surface area contributed by atoms with Gasteiger partial charge in [0.1, 0.15) is 7.28 Å². The van der Waals surface area contributed by atoms with Crippen molar-refractivity contribution in [3.8, 4) is 0 Å². The Morgan fingerprint density at radius 1 is 0.667 bits per heavy atom. The Hall–Kier alpha value is 0.0649. The van der Waals surface area contributed by atoms with E-state index in [1.165, 1.54) is 51.4 Å². The van der Waals surface area contributed by atoms with Crippen molar-refractivity contribution in [3.63, 3.8) is 0 Å². The van der Waals surface area contributed by atoms with Crippen LogP contribution in [0.25, 0.3) is 0 Å². The first kappa shape index (κ1) is 11.5. The molecule has 0 aromatic heterocycles. The second-order valence-corrected chi connectivity index (χ2v) is 6.28. The van der Waals surface area contributed by atoms with E-state index in [1.54, 1.807) is 7.28 Å². The molecule has 2 saturated carbocycles. The van der Waals surface area contributed by atoms with Gasteiger partial charge in [-0.15, -0.1) is 0 Å². The van der Waals surface area contributed by atoms with Crippen molar-refractivity contribution in [1.82, 2.24) is 0 Å². The van der Waals surface area contributed by atoms with Crippen molar-refractivity contribution in [3.05, 3.63) is 0 Å². The summed E-state index contributed by atoms with van der Waals surface area (Å²) in [7, 11) is 1.56. The minimum Gasteiger partial charge on any atom is -0.0629 e. The lowest BCUT2D eigenvalue weighted by Crippen LogP contribution is -2.25. The Kier molecular flexibility index (Phi) is 4.17. The molecular formula is C14H27B. The van der Waals surface area contributed by atoms with Crippen LogP contribution in [0.15, 0.2) is 0 Å². The Bertz CT molecular complexity index is 170. The van der Waals surface area contributed by atoms with Crippen LogP contribution < -0.4 is 0 Å². The van der Waals surface area contributed by atoms with Crippen LogP contribution in [0.5, 0.6) is 0 Å². The lowest BCUT2D eigenvalue weighted by atomic mass is 9.44. The maximum atomic E-state index is 2.50. The SMILES string of the molecule is CC1CCCCC1BC1CCCCC1C. The highest BCUT2D eigenvalue weighted by molar-refractivity contribution is 6.39. The summed E-state index contributed by atoms with van der Waals surface area (Å²) >= 11 is 0. The van der Waals surface area contributed by atoms with Gasteiger partial charge in [-0.25, -0.2) is 0 Å². The van der Waals surface area contributed by atoms with Gasteiger partial charge in [-0.2, -0.15) is 0 Å². The molecule has 15 heavy (non-hydrogen) atoms. The van der Waals surface area contributed by atoms with Gasteiger partial charge in [0.15, 0.2) is 0 Å². The molecular weight excluding hydrogens is 179 g/mol. The molecule has 2 fully saturated rings. The van der Waals surface area contributed by atoms with Crippen LogP contribution in [0.2, 0.25) is 11.6 Å². The molecule has 0 N–H and O–H groups in total. The summed E-state index contributed by atoms with van der Waals surface area (Å²) < 4.78 is 0. The molecule has 2 aliphatic carbocycles. The summed E-state index contributed by atoms with van der Waals surface area (Å²) in [4.78, 5) is 0. The fraction of sp³-hybridized carbons (Fsp3) is 1.00. The molecule has 0 bridgehead atoms. The van der Waals surface area contributed by atoms with E-state index in [1.807, 2.05) is 0 Å². The molecule has 0 heterocycles. The van der Waals surface area contributed by atoms with Gasteiger partial charge in [0.05, 0.1) is 0 Å². The third kappa shape index (κ3) is 3.01. The van der Waals surface area contributed by atoms with Gasteiger partial charge >= 0.3 is 0 Å². The van der Waals surface area contributed by atoms with Gasteiger partial charge in [0, 0.05) is 0 Å². The Balaban J connectivity index is 1.83. The van der Waals surface area contributed by atoms with E-state index in [0.717, 1.165) is 23.5 Å². The van der Waals surface area contributed by atoms with Gasteiger partial charge < -0.3 is 0 Å². The minimum atomic E-state index is 1.02. The standard InChI is InChI=1S/C14H27B/c1-11-7-3-5-9-13(11)15-14-10-6-4-8-12(14)2/h11-15H,3-10H2,1-2H3. The molecule has 0 radical (unpaired) electrons. The van der Waals surface area contributed by atoms with E-state index in [-0.39, 0.29) is 0 Å². The van der Waals surface area contributed by atoms with E-state index < -0.39 is 0 Å². The largest absolute Gasteiger partial charge is 0.128 e. The lowest BCUT2D eigenvalue weighted by Gasteiger charge is -2.35. The fourth-order valence-corrected chi connectivity index (χ4v) is 3.88. The smallest absolute Gasteiger partial charge is 0.0629 e. The highest BCUT2D eigenvalue weighted by Crippen LogP contribution is 2.41. The zero-order valence-electron chi connectivity index (χ0n) is 10.7. The van der Waals surface area contributed by atoms with Crippen LogP contribution in [0, 0.1) is 11.8 Å². The highest BCUT2D eigenvalue weighted by Gasteiger charge is 2.29. The van der Waals surface area contributed by atoms with E-state index in [2.05, 4.69) is 13.8 Å². The monoisotopic (exact) mass is 206 g/mol. The van der Waals surface area contributed by atoms with Crippen LogP contribution in [0.4, 0.5) is 0 Å². The molecule has 2 rings (SSSR count). The second-order valence-electron chi connectivity index (χ2n) is 6.28. The Labute approximate surface area is 96.5 Å². The third-order valence-corrected chi connectivity index (χ3v) is 5.18. The van der Waals surface area contributed by atoms with Crippen molar-refractivity contribution >= 4 is 7.28 Å². The summed E-state index contributed by atoms with van der Waals surface area (Å²) in [5.41, 5.74) is 0. The summed E-state index contributed by atoms with van der Waals surface area (Å²) in [6, 6.07) is 0. The Morgan fingerprint density at radius 3 is 1.47 bits per heavy atom. The molecule has 1 heteroatoms. The zero-order valence-corrected chi connectivity index (χ0v) is 10.7. The van der Waals surface area contributed by atoms with Crippen molar-refractivity contribution in [1.29, 1.82) is 0 Å². The van der Waals surface area contributed by atoms with Gasteiger partial charge in [0.2, 0.25) is 0 Å². The average molecular weight is 206 g/mol. The molecule has 2 aliphatic rings. The topological polar surface area (TPSA) is 0 Å². The van der Waals surface area contributed by atoms with Crippen molar-refractivity contribution in [2.75, 3.05) is 0 Å². The molecule has 0 aliphatic heterocycles. The maximum absolute atomic E-state index is 2.50. The lowest BCUT2D eigenvalue weighted by molar-refractivity contribution is 0.353. The van der Waals surface area contributed by atoms with Crippen LogP contribution in [-0.2, 0) is 0 Å². The number of hydrogen-bond acceptors (Lipinski definition) is 0. The quantitative estimate of drug-likeness (QED) is 0.586. The zero-order chi connectivity index (χ0) is 10.7. The molecule has 4 atom stereocenters. The molecule has 86 valence electrons. The first-order valence-corrected chi connectivity index (χ1v) is 7.27. The number of hydrogen-bond donors (Lipinski definition) is 0. The normalized spacial score (nSPS) is 42.5. The van der Waals surface area contributed by atoms with Crippen molar-refractivity contribution < 1.29 is 0 Å². The minimum absolute atomic E-state index is 1.02. The molecule has 4 unspecified atom stereocenters. The van der Waals surface area contributed by atoms with Gasteiger partial charge in [-0.3, -0.25) is 0 Å². The van der Waals surface area contributed by atoms with Gasteiger partial charge in [-0.1, -0.05) is 76.8 Å². The third-order valence-electron chi connectivity index (χ3n) is 5.18. The van der Waals surface area contributed by atoms with E-state index in [0.29, 0.717) is 0 Å². The van der Waals surface area contributed by atoms with Gasteiger partial charge in [0.25, 0.3) is 0 Å². The first-order valence-electron chi connectivity index (χ1n) is 7.27. The van der Waals surface area contributed by atoms with Crippen LogP contribution in [0.1, 0.15) is 65.2 Å². The predicted molar refractivity (Wildman–Crippen MR) is 69.9 cm³/mol. The van der Waals surface area contributed by atoms with Crippen molar-refractivity contribution in [2.24, 2.45) is 11.8 Å². The van der Waals surface area contributed by atoms with E-state index >= 15 is 0 Å². The molecule has 0 aromatic rings. The molecule has 0 nitrogen and oxygen atoms in total. The molecule has 0 spiro atoms. The van der Waals surface area contributed by atoms with Crippen molar-refractivity contribution in [2.45, 2.75) is 76.8 Å². The summed E-state index contributed by atoms with van der Waals surface area (Å²) in [6.07, 6.45) is 12.1. The molecule has 0 amide bonds. The van der Waals surface area contributed by atoms with Crippen LogP contribution >= 0.6 is 0 Å². The average Bonchev–Trinajstić information content (AvgIpc) is 2.24. The first-order chi connectivity index (χ1) is 7.27. The molecule has 0 aromatic carbocycles. The van der Waals surface area contributed by atoms with Crippen LogP contribution in [0.3, 0.4) is 0 Å².